The molecule has 0 unspecified atom stereocenters. The van der Waals surface area contributed by atoms with Crippen molar-refractivity contribution < 1.29 is 19.0 Å². The zero-order valence-electron chi connectivity index (χ0n) is 13.6. The van der Waals surface area contributed by atoms with Gasteiger partial charge in [-0.15, -0.1) is 0 Å². The smallest absolute Gasteiger partial charge is 0.317 e. The summed E-state index contributed by atoms with van der Waals surface area (Å²) in [6.45, 7) is 7.87. The lowest BCUT2D eigenvalue weighted by Gasteiger charge is -2.34. The Labute approximate surface area is 146 Å². The van der Waals surface area contributed by atoms with Crippen LogP contribution >= 0.6 is 12.2 Å². The van der Waals surface area contributed by atoms with Crippen molar-refractivity contribution in [2.24, 2.45) is 5.92 Å². The quantitative estimate of drug-likeness (QED) is 0.463. The molecule has 1 saturated heterocycles. The molecule has 1 fully saturated rings. The van der Waals surface area contributed by atoms with Crippen LogP contribution in [0.5, 0.6) is 11.5 Å². The summed E-state index contributed by atoms with van der Waals surface area (Å²) in [5.41, 5.74) is 1.29. The summed E-state index contributed by atoms with van der Waals surface area (Å²) in [4.78, 5) is 12.2. The van der Waals surface area contributed by atoms with Gasteiger partial charge in [0, 0.05) is 5.70 Å². The highest BCUT2D eigenvalue weighted by molar-refractivity contribution is 7.80. The second-order valence-electron chi connectivity index (χ2n) is 5.11. The van der Waals surface area contributed by atoms with Crippen molar-refractivity contribution in [3.63, 3.8) is 0 Å². The predicted molar refractivity (Wildman–Crippen MR) is 94.9 cm³/mol. The van der Waals surface area contributed by atoms with Crippen LogP contribution in [0.15, 0.2) is 43.1 Å². The Morgan fingerprint density at radius 3 is 2.75 bits per heavy atom. The Bertz CT molecular complexity index is 675. The molecule has 24 heavy (non-hydrogen) atoms. The molecule has 1 aromatic rings. The first-order chi connectivity index (χ1) is 11.5. The molecule has 1 aromatic carbocycles. The summed E-state index contributed by atoms with van der Waals surface area (Å²) < 4.78 is 15.8. The average Bonchev–Trinajstić information content (AvgIpc) is 2.58. The molecule has 0 radical (unpaired) electrons. The number of carbonyl (C=O) groups excluding carboxylic acids is 1. The number of rotatable bonds is 6. The van der Waals surface area contributed by atoms with E-state index in [0.29, 0.717) is 28.9 Å². The standard InChI is InChI=1S/C17H20N2O4S/c1-5-8-23-12-7-6-11(9-13(12)21-3)15-14(16(20)22-4)10(2)18-17(24)19-15/h5-7,9,14-15H,1-2,8H2,3-4H3,(H2,18,19,24)/t14-,15+/m1/s1. The largest absolute Gasteiger partial charge is 0.493 e. The maximum atomic E-state index is 12.2. The minimum Gasteiger partial charge on any atom is -0.493 e. The Kier molecular flexibility index (Phi) is 5.81. The average molecular weight is 348 g/mol. The fourth-order valence-electron chi connectivity index (χ4n) is 2.51. The van der Waals surface area contributed by atoms with Crippen LogP contribution < -0.4 is 20.1 Å². The highest BCUT2D eigenvalue weighted by atomic mass is 32.1. The fourth-order valence-corrected chi connectivity index (χ4v) is 2.77. The third kappa shape index (κ3) is 3.68. The topological polar surface area (TPSA) is 68.8 Å². The van der Waals surface area contributed by atoms with Crippen LogP contribution in [0, 0.1) is 5.92 Å². The second kappa shape index (κ2) is 7.83. The van der Waals surface area contributed by atoms with E-state index >= 15 is 0 Å². The molecule has 2 rings (SSSR count). The molecule has 0 aliphatic carbocycles. The van der Waals surface area contributed by atoms with Gasteiger partial charge in [-0.05, 0) is 29.9 Å². The summed E-state index contributed by atoms with van der Waals surface area (Å²) in [6.07, 6.45) is 1.65. The van der Waals surface area contributed by atoms with Crippen molar-refractivity contribution in [1.29, 1.82) is 0 Å². The van der Waals surface area contributed by atoms with Crippen molar-refractivity contribution in [3.05, 3.63) is 48.7 Å². The first kappa shape index (κ1) is 17.8. The van der Waals surface area contributed by atoms with E-state index in [-0.39, 0.29) is 0 Å². The summed E-state index contributed by atoms with van der Waals surface area (Å²) in [6, 6.07) is 5.01. The van der Waals surface area contributed by atoms with Crippen LogP contribution in [0.2, 0.25) is 0 Å². The second-order valence-corrected chi connectivity index (χ2v) is 5.52. The monoisotopic (exact) mass is 348 g/mol. The van der Waals surface area contributed by atoms with E-state index in [1.54, 1.807) is 25.3 Å². The first-order valence-electron chi connectivity index (χ1n) is 7.27. The van der Waals surface area contributed by atoms with Gasteiger partial charge in [0.1, 0.15) is 12.5 Å². The maximum Gasteiger partial charge on any atom is 0.317 e. The molecular formula is C17H20N2O4S. The number of ether oxygens (including phenoxy) is 3. The molecule has 7 heteroatoms. The molecule has 0 saturated carbocycles. The molecule has 128 valence electrons. The van der Waals surface area contributed by atoms with E-state index in [9.17, 15) is 4.79 Å². The number of carbonyl (C=O) groups is 1. The summed E-state index contributed by atoms with van der Waals surface area (Å²) >= 11 is 5.18. The first-order valence-corrected chi connectivity index (χ1v) is 7.68. The summed E-state index contributed by atoms with van der Waals surface area (Å²) in [7, 11) is 2.89. The number of nitrogens with one attached hydrogen (secondary N) is 2. The zero-order chi connectivity index (χ0) is 17.7. The number of benzene rings is 1. The zero-order valence-corrected chi connectivity index (χ0v) is 14.4. The van der Waals surface area contributed by atoms with Crippen molar-refractivity contribution >= 4 is 23.3 Å². The normalized spacial score (nSPS) is 19.8. The van der Waals surface area contributed by atoms with Gasteiger partial charge in [0.15, 0.2) is 16.6 Å². The number of esters is 1. The molecular weight excluding hydrogens is 328 g/mol. The number of hydrogen-bond acceptors (Lipinski definition) is 5. The van der Waals surface area contributed by atoms with Crippen LogP contribution in [0.25, 0.3) is 0 Å². The van der Waals surface area contributed by atoms with Gasteiger partial charge in [0.2, 0.25) is 0 Å². The van der Waals surface area contributed by atoms with E-state index in [0.717, 1.165) is 5.56 Å². The highest BCUT2D eigenvalue weighted by Crippen LogP contribution is 2.35. The van der Waals surface area contributed by atoms with Gasteiger partial charge < -0.3 is 24.8 Å². The van der Waals surface area contributed by atoms with Gasteiger partial charge in [-0.25, -0.2) is 0 Å². The van der Waals surface area contributed by atoms with Gasteiger partial charge in [0.05, 0.1) is 20.3 Å². The molecule has 1 heterocycles. The fraction of sp³-hybridized carbons (Fsp3) is 0.294. The lowest BCUT2D eigenvalue weighted by molar-refractivity contribution is -0.145. The van der Waals surface area contributed by atoms with Crippen LogP contribution in [0.4, 0.5) is 0 Å². The predicted octanol–water partition coefficient (Wildman–Crippen LogP) is 2.08. The van der Waals surface area contributed by atoms with Crippen LogP contribution in [0.3, 0.4) is 0 Å². The van der Waals surface area contributed by atoms with Gasteiger partial charge >= 0.3 is 5.97 Å². The number of methoxy groups -OCH3 is 2. The Hall–Kier alpha value is -2.54. The maximum absolute atomic E-state index is 12.2. The molecule has 2 N–H and O–H groups in total. The van der Waals surface area contributed by atoms with Gasteiger partial charge in [-0.3, -0.25) is 4.79 Å². The van der Waals surface area contributed by atoms with E-state index < -0.39 is 17.9 Å². The van der Waals surface area contributed by atoms with Crippen molar-refractivity contribution in [2.45, 2.75) is 6.04 Å². The van der Waals surface area contributed by atoms with Crippen molar-refractivity contribution in [1.82, 2.24) is 10.6 Å². The van der Waals surface area contributed by atoms with Crippen molar-refractivity contribution in [2.75, 3.05) is 20.8 Å². The number of hydrogen-bond donors (Lipinski definition) is 2. The minimum atomic E-state index is -0.619. The van der Waals surface area contributed by atoms with E-state index in [4.69, 9.17) is 26.4 Å². The van der Waals surface area contributed by atoms with Crippen LogP contribution in [0.1, 0.15) is 11.6 Å². The van der Waals surface area contributed by atoms with Gasteiger partial charge in [-0.2, -0.15) is 0 Å². The van der Waals surface area contributed by atoms with Crippen LogP contribution in [-0.4, -0.2) is 31.9 Å². The number of thiocarbonyl (C=S) groups is 1. The van der Waals surface area contributed by atoms with E-state index in [2.05, 4.69) is 23.8 Å². The lowest BCUT2D eigenvalue weighted by atomic mass is 9.89. The Balaban J connectivity index is 2.39. The van der Waals surface area contributed by atoms with Gasteiger partial charge in [-0.1, -0.05) is 25.3 Å². The lowest BCUT2D eigenvalue weighted by Crippen LogP contribution is -2.50. The molecule has 2 atom stereocenters. The molecule has 6 nitrogen and oxygen atoms in total. The Morgan fingerprint density at radius 2 is 2.12 bits per heavy atom. The third-order valence-electron chi connectivity index (χ3n) is 3.63. The highest BCUT2D eigenvalue weighted by Gasteiger charge is 2.37. The van der Waals surface area contributed by atoms with Gasteiger partial charge in [0.25, 0.3) is 0 Å². The molecule has 0 amide bonds. The molecule has 1 aliphatic heterocycles. The molecule has 0 bridgehead atoms. The molecule has 0 aromatic heterocycles. The summed E-state index contributed by atoms with van der Waals surface area (Å²) in [5, 5.41) is 6.36. The SMILES string of the molecule is C=CCOc1ccc([C@@H]2NC(=S)NC(=C)[C@H]2C(=O)OC)cc1OC. The summed E-state index contributed by atoms with van der Waals surface area (Å²) in [5.74, 6) is 0.116. The molecule has 1 aliphatic rings. The van der Waals surface area contributed by atoms with Crippen molar-refractivity contribution in [3.8, 4) is 11.5 Å². The third-order valence-corrected chi connectivity index (χ3v) is 3.85. The minimum absolute atomic E-state index is 0.368. The van der Waals surface area contributed by atoms with E-state index in [1.165, 1.54) is 7.11 Å². The Morgan fingerprint density at radius 1 is 1.38 bits per heavy atom. The molecule has 0 spiro atoms. The van der Waals surface area contributed by atoms with Crippen LogP contribution in [-0.2, 0) is 9.53 Å². The van der Waals surface area contributed by atoms with E-state index in [1.807, 2.05) is 6.07 Å².